The fourth-order valence-electron chi connectivity index (χ4n) is 8.08. The molecule has 6 atom stereocenters. The highest BCUT2D eigenvalue weighted by Gasteiger charge is 2.60. The topological polar surface area (TPSA) is 62.3 Å². The van der Waals surface area contributed by atoms with Crippen LogP contribution in [0.25, 0.3) is 0 Å². The average molecular weight is 470 g/mol. The summed E-state index contributed by atoms with van der Waals surface area (Å²) >= 11 is 6.93. The maximum Gasteiger partial charge on any atom is 0.226 e. The molecule has 1 aromatic heterocycles. The number of pyridine rings is 1. The lowest BCUT2D eigenvalue weighted by atomic mass is 9.49. The second kappa shape index (κ2) is 8.11. The van der Waals surface area contributed by atoms with Gasteiger partial charge in [0.1, 0.15) is 5.82 Å². The molecule has 1 N–H and O–H groups in total. The summed E-state index contributed by atoms with van der Waals surface area (Å²) in [6.07, 6.45) is 9.31. The molecular formula is C27H36ClN3O2. The number of likely N-dealkylation sites (tertiary alicyclic amines) is 1. The van der Waals surface area contributed by atoms with Crippen molar-refractivity contribution in [3.63, 3.8) is 0 Å². The van der Waals surface area contributed by atoms with Gasteiger partial charge in [-0.05, 0) is 86.2 Å². The zero-order chi connectivity index (χ0) is 23.5. The van der Waals surface area contributed by atoms with Gasteiger partial charge in [-0.1, -0.05) is 31.5 Å². The van der Waals surface area contributed by atoms with Gasteiger partial charge in [0.05, 0.1) is 0 Å². The van der Waals surface area contributed by atoms with Crippen molar-refractivity contribution < 1.29 is 9.59 Å². The van der Waals surface area contributed by atoms with Crippen molar-refractivity contribution in [3.05, 3.63) is 34.6 Å². The smallest absolute Gasteiger partial charge is 0.226 e. The van der Waals surface area contributed by atoms with Crippen molar-refractivity contribution in [2.45, 2.75) is 72.1 Å². The number of carbonyl (C=O) groups excluding carboxylic acids is 2. The summed E-state index contributed by atoms with van der Waals surface area (Å²) in [5, 5.41) is 3.90. The van der Waals surface area contributed by atoms with Crippen LogP contribution in [0.15, 0.2) is 29.1 Å². The van der Waals surface area contributed by atoms with Gasteiger partial charge in [0.25, 0.3) is 0 Å². The Kier molecular flexibility index (Phi) is 5.63. The minimum atomic E-state index is -0.0173. The first-order valence-electron chi connectivity index (χ1n) is 12.5. The van der Waals surface area contributed by atoms with E-state index < -0.39 is 0 Å². The minimum absolute atomic E-state index is 0.0173. The Morgan fingerprint density at radius 1 is 1.21 bits per heavy atom. The highest BCUT2D eigenvalue weighted by molar-refractivity contribution is 6.30. The molecule has 1 aliphatic heterocycles. The van der Waals surface area contributed by atoms with E-state index >= 15 is 0 Å². The molecule has 4 aliphatic rings. The molecule has 33 heavy (non-hydrogen) atoms. The molecule has 5 rings (SSSR count). The van der Waals surface area contributed by atoms with E-state index in [-0.39, 0.29) is 22.6 Å². The van der Waals surface area contributed by atoms with Crippen LogP contribution in [0, 0.1) is 41.4 Å². The van der Waals surface area contributed by atoms with E-state index in [0.717, 1.165) is 48.4 Å². The van der Waals surface area contributed by atoms with Crippen LogP contribution in [-0.4, -0.2) is 28.7 Å². The van der Waals surface area contributed by atoms with Crippen LogP contribution in [0.5, 0.6) is 0 Å². The Labute approximate surface area is 202 Å². The first-order valence-corrected chi connectivity index (χ1v) is 12.9. The number of aryl methyl sites for hydroxylation is 1. The lowest BCUT2D eigenvalue weighted by Crippen LogP contribution is -2.54. The Bertz CT molecular complexity index is 1010. The molecule has 0 unspecified atom stereocenters. The monoisotopic (exact) mass is 469 g/mol. The molecule has 1 saturated heterocycles. The summed E-state index contributed by atoms with van der Waals surface area (Å²) in [6, 6.07) is 3.85. The number of amides is 2. The van der Waals surface area contributed by atoms with E-state index in [1.54, 1.807) is 6.20 Å². The molecule has 178 valence electrons. The second-order valence-corrected chi connectivity index (χ2v) is 12.0. The Hall–Kier alpha value is -1.88. The summed E-state index contributed by atoms with van der Waals surface area (Å²) in [5.41, 5.74) is 2.32. The van der Waals surface area contributed by atoms with Crippen LogP contribution in [0.1, 0.15) is 70.8 Å². The number of hydrogen-bond acceptors (Lipinski definition) is 3. The fourth-order valence-corrected chi connectivity index (χ4v) is 8.60. The first kappa shape index (κ1) is 22.9. The number of piperidine rings is 1. The minimum Gasteiger partial charge on any atom is -0.318 e. The highest BCUT2D eigenvalue weighted by atomic mass is 35.5. The number of fused-ring (bicyclic) bond motifs is 5. The molecule has 2 saturated carbocycles. The highest BCUT2D eigenvalue weighted by Crippen LogP contribution is 2.67. The van der Waals surface area contributed by atoms with Crippen molar-refractivity contribution in [2.75, 3.05) is 12.4 Å². The number of nitrogens with zero attached hydrogens (tertiary/aromatic N) is 2. The van der Waals surface area contributed by atoms with E-state index in [2.05, 4.69) is 24.1 Å². The molecule has 0 radical (unpaired) electrons. The Balaban J connectivity index is 1.34. The lowest BCUT2D eigenvalue weighted by molar-refractivity contribution is -0.136. The predicted octanol–water partition coefficient (Wildman–Crippen LogP) is 5.89. The summed E-state index contributed by atoms with van der Waals surface area (Å²) in [5.74, 6) is 2.97. The molecule has 0 bridgehead atoms. The number of hydrogen-bond donors (Lipinski definition) is 1. The molecule has 3 aliphatic carbocycles. The van der Waals surface area contributed by atoms with Gasteiger partial charge in [-0.25, -0.2) is 4.98 Å². The first-order chi connectivity index (χ1) is 15.6. The van der Waals surface area contributed by atoms with Gasteiger partial charge in [0, 0.05) is 42.2 Å². The molecule has 6 heteroatoms. The Morgan fingerprint density at radius 3 is 2.73 bits per heavy atom. The zero-order valence-corrected chi connectivity index (χ0v) is 21.0. The van der Waals surface area contributed by atoms with E-state index in [9.17, 15) is 9.59 Å². The molecule has 3 fully saturated rings. The van der Waals surface area contributed by atoms with E-state index in [1.165, 1.54) is 6.42 Å². The molecule has 0 aromatic carbocycles. The standard InChI is InChI=1S/C27H36ClN3O2/c1-16-5-8-22(29-15-16)30-23(32)13-17-6-7-19-18-14-21(28)25-27(3,12-10-24(33)31(25)4)20(18)9-11-26(17,19)2/h5,8,15,17-20H,6-7,9-14H2,1-4H3,(H,29,30,32)/t17-,18+,19+,20+,26-,27-/m1/s1. The van der Waals surface area contributed by atoms with Crippen molar-refractivity contribution in [2.24, 2.45) is 34.5 Å². The molecule has 2 heterocycles. The molecule has 1 aromatic rings. The molecule has 2 amide bonds. The number of allylic oxidation sites excluding steroid dienone is 2. The van der Waals surface area contributed by atoms with Crippen LogP contribution >= 0.6 is 11.6 Å². The van der Waals surface area contributed by atoms with Crippen LogP contribution in [0.4, 0.5) is 5.82 Å². The van der Waals surface area contributed by atoms with Crippen LogP contribution < -0.4 is 5.32 Å². The van der Waals surface area contributed by atoms with Crippen molar-refractivity contribution in [1.29, 1.82) is 0 Å². The van der Waals surface area contributed by atoms with E-state index in [4.69, 9.17) is 11.6 Å². The van der Waals surface area contributed by atoms with Gasteiger partial charge in [0.2, 0.25) is 11.8 Å². The Morgan fingerprint density at radius 2 is 2.00 bits per heavy atom. The normalized spacial score (nSPS) is 38.0. The summed E-state index contributed by atoms with van der Waals surface area (Å²) in [6.45, 7) is 6.77. The number of rotatable bonds is 3. The van der Waals surface area contributed by atoms with Gasteiger partial charge < -0.3 is 10.2 Å². The van der Waals surface area contributed by atoms with Crippen molar-refractivity contribution >= 4 is 29.2 Å². The summed E-state index contributed by atoms with van der Waals surface area (Å²) in [7, 11) is 1.90. The van der Waals surface area contributed by atoms with E-state index in [1.807, 2.05) is 31.0 Å². The number of nitrogens with one attached hydrogen (secondary N) is 1. The van der Waals surface area contributed by atoms with Crippen molar-refractivity contribution in [1.82, 2.24) is 9.88 Å². The predicted molar refractivity (Wildman–Crippen MR) is 130 cm³/mol. The molecular weight excluding hydrogens is 434 g/mol. The van der Waals surface area contributed by atoms with Gasteiger partial charge in [-0.3, -0.25) is 9.59 Å². The summed E-state index contributed by atoms with van der Waals surface area (Å²) < 4.78 is 0. The molecule has 0 spiro atoms. The van der Waals surface area contributed by atoms with Crippen LogP contribution in [-0.2, 0) is 9.59 Å². The van der Waals surface area contributed by atoms with Crippen LogP contribution in [0.2, 0.25) is 0 Å². The van der Waals surface area contributed by atoms with Gasteiger partial charge >= 0.3 is 0 Å². The van der Waals surface area contributed by atoms with Gasteiger partial charge in [-0.15, -0.1) is 0 Å². The molecule has 5 nitrogen and oxygen atoms in total. The zero-order valence-electron chi connectivity index (χ0n) is 20.3. The van der Waals surface area contributed by atoms with Gasteiger partial charge in [-0.2, -0.15) is 0 Å². The fraction of sp³-hybridized carbons (Fsp3) is 0.667. The number of carbonyl (C=O) groups is 2. The number of anilines is 1. The SMILES string of the molecule is Cc1ccc(NC(=O)C[C@H]2CC[C@H]3[C@@H]4CC(Cl)=C5N(C)C(=O)CC[C@]5(C)[C@H]4CC[C@]23C)nc1. The third kappa shape index (κ3) is 3.62. The third-order valence-corrected chi connectivity index (χ3v) is 10.2. The van der Waals surface area contributed by atoms with Crippen molar-refractivity contribution in [3.8, 4) is 0 Å². The van der Waals surface area contributed by atoms with E-state index in [0.29, 0.717) is 42.3 Å². The maximum atomic E-state index is 12.9. The van der Waals surface area contributed by atoms with Crippen LogP contribution in [0.3, 0.4) is 0 Å². The average Bonchev–Trinajstić information content (AvgIpc) is 3.09. The quantitative estimate of drug-likeness (QED) is 0.600. The second-order valence-electron chi connectivity index (χ2n) is 11.5. The number of halogens is 1. The number of aromatic nitrogens is 1. The maximum absolute atomic E-state index is 12.9. The van der Waals surface area contributed by atoms with Gasteiger partial charge in [0.15, 0.2) is 0 Å². The third-order valence-electron chi connectivity index (χ3n) is 9.84. The summed E-state index contributed by atoms with van der Waals surface area (Å²) in [4.78, 5) is 31.5. The largest absolute Gasteiger partial charge is 0.318 e. The lowest BCUT2D eigenvalue weighted by Gasteiger charge is -2.59.